The first-order valence-corrected chi connectivity index (χ1v) is 9.72. The number of anilines is 1. The van der Waals surface area contributed by atoms with Crippen LogP contribution in [0.25, 0.3) is 0 Å². The third-order valence-corrected chi connectivity index (χ3v) is 5.35. The quantitative estimate of drug-likeness (QED) is 0.290. The Balaban J connectivity index is 2.47. The minimum atomic E-state index is -0.622. The van der Waals surface area contributed by atoms with Gasteiger partial charge in [0.05, 0.1) is 17.7 Å². The topological polar surface area (TPSA) is 64.4 Å². The Labute approximate surface area is 176 Å². The lowest BCUT2D eigenvalue weighted by atomic mass is 10.2. The highest BCUT2D eigenvalue weighted by Gasteiger charge is 2.26. The SMILES string of the molecule is COc1ccccc1N/C(SCc1ccccc1)=C(/C(Cl)=C(Cl)Cl)[N+](=O)[O-]. The third-order valence-electron chi connectivity index (χ3n) is 3.35. The van der Waals surface area contributed by atoms with E-state index in [2.05, 4.69) is 5.32 Å². The summed E-state index contributed by atoms with van der Waals surface area (Å²) >= 11 is 18.6. The first-order chi connectivity index (χ1) is 12.9. The van der Waals surface area contributed by atoms with Crippen molar-refractivity contribution >= 4 is 52.3 Å². The summed E-state index contributed by atoms with van der Waals surface area (Å²) in [6.07, 6.45) is 0. The van der Waals surface area contributed by atoms with Crippen molar-refractivity contribution in [1.29, 1.82) is 0 Å². The number of allylic oxidation sites excluding steroid dienone is 1. The van der Waals surface area contributed by atoms with Crippen LogP contribution in [0, 0.1) is 10.1 Å². The molecule has 27 heavy (non-hydrogen) atoms. The van der Waals surface area contributed by atoms with Gasteiger partial charge in [-0.2, -0.15) is 0 Å². The normalized spacial score (nSPS) is 11.4. The molecule has 0 heterocycles. The van der Waals surface area contributed by atoms with Gasteiger partial charge in [0.25, 0.3) is 0 Å². The minimum Gasteiger partial charge on any atom is -0.495 e. The summed E-state index contributed by atoms with van der Waals surface area (Å²) in [6, 6.07) is 16.6. The predicted octanol–water partition coefficient (Wildman–Crippen LogP) is 6.37. The van der Waals surface area contributed by atoms with Crippen LogP contribution in [0.5, 0.6) is 5.75 Å². The molecule has 0 aliphatic carbocycles. The number of hydrogen-bond acceptors (Lipinski definition) is 5. The number of thioether (sulfide) groups is 1. The molecule has 2 rings (SSSR count). The van der Waals surface area contributed by atoms with E-state index >= 15 is 0 Å². The molecule has 0 aliphatic rings. The molecule has 2 aromatic carbocycles. The molecule has 0 bridgehead atoms. The molecule has 0 amide bonds. The van der Waals surface area contributed by atoms with Gasteiger partial charge < -0.3 is 10.1 Å². The summed E-state index contributed by atoms with van der Waals surface area (Å²) in [4.78, 5) is 11.0. The summed E-state index contributed by atoms with van der Waals surface area (Å²) < 4.78 is 4.91. The number of para-hydroxylation sites is 2. The Morgan fingerprint density at radius 1 is 1.11 bits per heavy atom. The van der Waals surface area contributed by atoms with Gasteiger partial charge in [0.2, 0.25) is 0 Å². The van der Waals surface area contributed by atoms with Crippen molar-refractivity contribution in [2.45, 2.75) is 5.75 Å². The number of halogens is 3. The lowest BCUT2D eigenvalue weighted by Crippen LogP contribution is -2.10. The standard InChI is InChI=1S/C18H15Cl3N2O3S/c1-26-14-10-6-5-9-13(14)22-18(16(23(24)25)15(19)17(20)21)27-11-12-7-3-2-4-8-12/h2-10,22H,11H2,1H3/b18-16+. The Morgan fingerprint density at radius 3 is 2.33 bits per heavy atom. The highest BCUT2D eigenvalue weighted by Crippen LogP contribution is 2.36. The number of nitro groups is 1. The molecule has 5 nitrogen and oxygen atoms in total. The van der Waals surface area contributed by atoms with E-state index in [9.17, 15) is 10.1 Å². The number of rotatable bonds is 8. The van der Waals surface area contributed by atoms with E-state index in [1.54, 1.807) is 24.3 Å². The zero-order valence-electron chi connectivity index (χ0n) is 14.1. The molecular weight excluding hydrogens is 431 g/mol. The molecule has 9 heteroatoms. The van der Waals surface area contributed by atoms with Crippen LogP contribution >= 0.6 is 46.6 Å². The zero-order valence-corrected chi connectivity index (χ0v) is 17.2. The molecule has 0 radical (unpaired) electrons. The van der Waals surface area contributed by atoms with Gasteiger partial charge in [0.1, 0.15) is 10.2 Å². The van der Waals surface area contributed by atoms with Gasteiger partial charge in [-0.25, -0.2) is 0 Å². The molecule has 0 unspecified atom stereocenters. The van der Waals surface area contributed by atoms with Gasteiger partial charge >= 0.3 is 5.70 Å². The second-order valence-electron chi connectivity index (χ2n) is 5.11. The van der Waals surface area contributed by atoms with Gasteiger partial charge in [0.15, 0.2) is 10.1 Å². The van der Waals surface area contributed by atoms with E-state index < -0.39 is 10.6 Å². The summed E-state index contributed by atoms with van der Waals surface area (Å²) in [5.74, 6) is 0.995. The van der Waals surface area contributed by atoms with Crippen molar-refractivity contribution in [3.8, 4) is 5.75 Å². The van der Waals surface area contributed by atoms with Crippen molar-refractivity contribution in [2.24, 2.45) is 0 Å². The second kappa shape index (κ2) is 10.5. The van der Waals surface area contributed by atoms with Crippen molar-refractivity contribution in [3.63, 3.8) is 0 Å². The van der Waals surface area contributed by atoms with E-state index in [0.717, 1.165) is 5.56 Å². The summed E-state index contributed by atoms with van der Waals surface area (Å²) in [6.45, 7) is 0. The molecular formula is C18H15Cl3N2O3S. The fourth-order valence-corrected chi connectivity index (χ4v) is 3.51. The zero-order chi connectivity index (χ0) is 19.8. The third kappa shape index (κ3) is 6.07. The Bertz CT molecular complexity index is 869. The van der Waals surface area contributed by atoms with Gasteiger partial charge in [-0.05, 0) is 17.7 Å². The van der Waals surface area contributed by atoms with E-state index in [4.69, 9.17) is 39.5 Å². The highest BCUT2D eigenvalue weighted by atomic mass is 35.5. The van der Waals surface area contributed by atoms with Crippen molar-refractivity contribution in [2.75, 3.05) is 12.4 Å². The number of methoxy groups -OCH3 is 1. The van der Waals surface area contributed by atoms with Gasteiger partial charge in [-0.1, -0.05) is 89.0 Å². The Hall–Kier alpha value is -1.86. The van der Waals surface area contributed by atoms with Crippen LogP contribution in [0.1, 0.15) is 5.56 Å². The van der Waals surface area contributed by atoms with Gasteiger partial charge in [-0.15, -0.1) is 0 Å². The smallest absolute Gasteiger partial charge is 0.320 e. The molecule has 0 fully saturated rings. The van der Waals surface area contributed by atoms with Crippen LogP contribution in [0.4, 0.5) is 5.69 Å². The van der Waals surface area contributed by atoms with Crippen LogP contribution in [0.2, 0.25) is 0 Å². The van der Waals surface area contributed by atoms with Crippen molar-refractivity contribution in [1.82, 2.24) is 0 Å². The van der Waals surface area contributed by atoms with Gasteiger partial charge in [0, 0.05) is 5.75 Å². The number of nitrogens with zero attached hydrogens (tertiary/aromatic N) is 1. The monoisotopic (exact) mass is 444 g/mol. The molecule has 0 saturated carbocycles. The fourth-order valence-electron chi connectivity index (χ4n) is 2.12. The number of hydrogen-bond donors (Lipinski definition) is 1. The largest absolute Gasteiger partial charge is 0.495 e. The molecule has 0 atom stereocenters. The average molecular weight is 446 g/mol. The molecule has 0 aliphatic heterocycles. The average Bonchev–Trinajstić information content (AvgIpc) is 2.66. The maximum Gasteiger partial charge on any atom is 0.320 e. The number of benzene rings is 2. The van der Waals surface area contributed by atoms with Crippen LogP contribution in [-0.4, -0.2) is 12.0 Å². The first kappa shape index (κ1) is 21.4. The summed E-state index contributed by atoms with van der Waals surface area (Å²) in [5, 5.41) is 14.5. The molecule has 0 spiro atoms. The highest BCUT2D eigenvalue weighted by molar-refractivity contribution is 8.02. The predicted molar refractivity (Wildman–Crippen MR) is 113 cm³/mol. The molecule has 0 aromatic heterocycles. The lowest BCUT2D eigenvalue weighted by Gasteiger charge is -2.14. The van der Waals surface area contributed by atoms with E-state index in [1.807, 2.05) is 30.3 Å². The molecule has 142 valence electrons. The first-order valence-electron chi connectivity index (χ1n) is 7.60. The fraction of sp³-hybridized carbons (Fsp3) is 0.111. The van der Waals surface area contributed by atoms with Crippen LogP contribution in [0.3, 0.4) is 0 Å². The minimum absolute atomic E-state index is 0.192. The van der Waals surface area contributed by atoms with Crippen LogP contribution in [0.15, 0.2) is 74.8 Å². The van der Waals surface area contributed by atoms with Crippen molar-refractivity contribution < 1.29 is 9.66 Å². The molecule has 2 aromatic rings. The van der Waals surface area contributed by atoms with E-state index in [-0.39, 0.29) is 14.6 Å². The maximum absolute atomic E-state index is 11.7. The Morgan fingerprint density at radius 2 is 1.74 bits per heavy atom. The molecule has 1 N–H and O–H groups in total. The number of nitrogens with one attached hydrogen (secondary N) is 1. The molecule has 0 saturated heterocycles. The van der Waals surface area contributed by atoms with Gasteiger partial charge in [-0.3, -0.25) is 10.1 Å². The second-order valence-corrected chi connectivity index (χ2v) is 7.42. The van der Waals surface area contributed by atoms with Crippen LogP contribution < -0.4 is 10.1 Å². The maximum atomic E-state index is 11.7. The van der Waals surface area contributed by atoms with Crippen LogP contribution in [-0.2, 0) is 5.75 Å². The lowest BCUT2D eigenvalue weighted by molar-refractivity contribution is -0.420. The van der Waals surface area contributed by atoms with E-state index in [1.165, 1.54) is 18.9 Å². The van der Waals surface area contributed by atoms with Crippen molar-refractivity contribution in [3.05, 3.63) is 90.5 Å². The van der Waals surface area contributed by atoms with E-state index in [0.29, 0.717) is 17.2 Å². The summed E-state index contributed by atoms with van der Waals surface area (Å²) in [7, 11) is 1.51. The summed E-state index contributed by atoms with van der Waals surface area (Å²) in [5.41, 5.74) is 1.12. The Kier molecular flexibility index (Phi) is 8.31. The number of ether oxygens (including phenoxy) is 1.